The lowest BCUT2D eigenvalue weighted by Crippen LogP contribution is -2.24. The van der Waals surface area contributed by atoms with Crippen LogP contribution < -0.4 is 11.1 Å². The Morgan fingerprint density at radius 3 is 3.05 bits per heavy atom. The highest BCUT2D eigenvalue weighted by atomic mass is 32.1. The van der Waals surface area contributed by atoms with Crippen LogP contribution in [-0.2, 0) is 13.0 Å². The standard InChI is InChI=1S/C14H13FN4S3/c1-2-9-10(5-8(16)6-15)21-13-12(9)19-22-14(13)18-7-11-17-3-4-20-11/h1,3-4,8,18H,5-7,16H2/t8-/m1/s1. The van der Waals surface area contributed by atoms with E-state index in [1.54, 1.807) is 28.9 Å². The summed E-state index contributed by atoms with van der Waals surface area (Å²) in [6.45, 7) is 0.0922. The second-order valence-corrected chi connectivity index (χ2v) is 7.49. The number of nitrogens with one attached hydrogen (secondary N) is 1. The zero-order valence-electron chi connectivity index (χ0n) is 11.5. The first-order valence-electron chi connectivity index (χ1n) is 6.54. The molecule has 0 unspecified atom stereocenters. The maximum atomic E-state index is 12.6. The molecule has 114 valence electrons. The molecule has 0 aliphatic heterocycles. The Kier molecular flexibility index (Phi) is 4.69. The number of fused-ring (bicyclic) bond motifs is 1. The molecule has 0 radical (unpaired) electrons. The van der Waals surface area contributed by atoms with Crippen molar-refractivity contribution in [3.63, 3.8) is 0 Å². The Hall–Kier alpha value is -1.53. The van der Waals surface area contributed by atoms with Gasteiger partial charge in [-0.1, -0.05) is 5.92 Å². The van der Waals surface area contributed by atoms with Gasteiger partial charge in [-0.15, -0.1) is 29.1 Å². The molecule has 4 nitrogen and oxygen atoms in total. The van der Waals surface area contributed by atoms with E-state index in [4.69, 9.17) is 12.2 Å². The molecule has 0 amide bonds. The molecule has 0 bridgehead atoms. The molecule has 3 heterocycles. The normalized spacial score (nSPS) is 12.4. The van der Waals surface area contributed by atoms with Gasteiger partial charge in [0.05, 0.1) is 16.8 Å². The number of thiophene rings is 1. The van der Waals surface area contributed by atoms with Gasteiger partial charge in [0.2, 0.25) is 0 Å². The van der Waals surface area contributed by atoms with Crippen LogP contribution in [0.4, 0.5) is 9.39 Å². The van der Waals surface area contributed by atoms with Crippen LogP contribution >= 0.6 is 34.2 Å². The van der Waals surface area contributed by atoms with Crippen LogP contribution in [0.3, 0.4) is 0 Å². The van der Waals surface area contributed by atoms with Gasteiger partial charge in [-0.2, -0.15) is 4.37 Å². The zero-order valence-corrected chi connectivity index (χ0v) is 14.0. The van der Waals surface area contributed by atoms with Crippen molar-refractivity contribution in [1.82, 2.24) is 9.36 Å². The maximum Gasteiger partial charge on any atom is 0.127 e. The van der Waals surface area contributed by atoms with Crippen molar-refractivity contribution in [2.24, 2.45) is 5.73 Å². The van der Waals surface area contributed by atoms with E-state index in [0.717, 1.165) is 30.7 Å². The van der Waals surface area contributed by atoms with E-state index in [9.17, 15) is 4.39 Å². The molecule has 0 saturated carbocycles. The first-order chi connectivity index (χ1) is 10.7. The number of thiazole rings is 1. The molecule has 1 atom stereocenters. The molecule has 0 saturated heterocycles. The molecule has 0 aliphatic carbocycles. The van der Waals surface area contributed by atoms with Gasteiger partial charge in [0.1, 0.15) is 22.2 Å². The summed E-state index contributed by atoms with van der Waals surface area (Å²) in [4.78, 5) is 5.16. The fourth-order valence-electron chi connectivity index (χ4n) is 2.04. The minimum Gasteiger partial charge on any atom is -0.368 e. The van der Waals surface area contributed by atoms with Gasteiger partial charge in [-0.05, 0) is 11.5 Å². The zero-order chi connectivity index (χ0) is 15.5. The van der Waals surface area contributed by atoms with Gasteiger partial charge >= 0.3 is 0 Å². The van der Waals surface area contributed by atoms with E-state index in [-0.39, 0.29) is 0 Å². The largest absolute Gasteiger partial charge is 0.368 e. The van der Waals surface area contributed by atoms with Crippen LogP contribution in [0, 0.1) is 12.3 Å². The van der Waals surface area contributed by atoms with Gasteiger partial charge in [0.15, 0.2) is 0 Å². The van der Waals surface area contributed by atoms with Gasteiger partial charge in [0, 0.05) is 28.9 Å². The van der Waals surface area contributed by atoms with E-state index in [0.29, 0.717) is 13.0 Å². The fraction of sp³-hybridized carbons (Fsp3) is 0.286. The lowest BCUT2D eigenvalue weighted by Gasteiger charge is -2.04. The van der Waals surface area contributed by atoms with Crippen molar-refractivity contribution in [1.29, 1.82) is 0 Å². The number of nitrogens with two attached hydrogens (primary N) is 1. The van der Waals surface area contributed by atoms with Gasteiger partial charge in [0.25, 0.3) is 0 Å². The highest BCUT2D eigenvalue weighted by molar-refractivity contribution is 7.24. The van der Waals surface area contributed by atoms with Crippen LogP contribution in [0.5, 0.6) is 0 Å². The van der Waals surface area contributed by atoms with E-state index in [2.05, 4.69) is 20.6 Å². The molecule has 0 aromatic carbocycles. The number of anilines is 1. The highest BCUT2D eigenvalue weighted by Crippen LogP contribution is 2.39. The lowest BCUT2D eigenvalue weighted by atomic mass is 10.1. The van der Waals surface area contributed by atoms with Crippen LogP contribution in [0.1, 0.15) is 15.4 Å². The molecule has 3 aromatic rings. The number of hydrogen-bond acceptors (Lipinski definition) is 7. The van der Waals surface area contributed by atoms with E-state index >= 15 is 0 Å². The van der Waals surface area contributed by atoms with E-state index in [1.165, 1.54) is 11.5 Å². The average molecular weight is 352 g/mol. The molecule has 3 rings (SSSR count). The summed E-state index contributed by atoms with van der Waals surface area (Å²) in [5.41, 5.74) is 7.25. The number of rotatable bonds is 6. The highest BCUT2D eigenvalue weighted by Gasteiger charge is 2.19. The van der Waals surface area contributed by atoms with Crippen molar-refractivity contribution in [3.05, 3.63) is 27.0 Å². The number of hydrogen-bond donors (Lipinski definition) is 2. The molecule has 3 N–H and O–H groups in total. The Balaban J connectivity index is 1.88. The lowest BCUT2D eigenvalue weighted by molar-refractivity contribution is 0.428. The van der Waals surface area contributed by atoms with Crippen molar-refractivity contribution in [3.8, 4) is 12.3 Å². The second-order valence-electron chi connectivity index (χ2n) is 4.63. The minimum atomic E-state index is -0.558. The van der Waals surface area contributed by atoms with Gasteiger partial charge < -0.3 is 11.1 Å². The third-order valence-corrected chi connectivity index (χ3v) is 6.00. The predicted octanol–water partition coefficient (Wildman–Crippen LogP) is 3.25. The summed E-state index contributed by atoms with van der Waals surface area (Å²) in [5.74, 6) is 2.67. The molecule has 0 fully saturated rings. The molecular formula is C14H13FN4S3. The van der Waals surface area contributed by atoms with Crippen molar-refractivity contribution < 1.29 is 4.39 Å². The monoisotopic (exact) mass is 352 g/mol. The molecule has 3 aromatic heterocycles. The average Bonchev–Trinajstić information content (AvgIpc) is 3.21. The third-order valence-electron chi connectivity index (χ3n) is 3.06. The third kappa shape index (κ3) is 2.98. The summed E-state index contributed by atoms with van der Waals surface area (Å²) in [6.07, 6.45) is 7.81. The van der Waals surface area contributed by atoms with Crippen LogP contribution in [0.15, 0.2) is 11.6 Å². The Bertz CT molecular complexity index is 800. The smallest absolute Gasteiger partial charge is 0.127 e. The summed E-state index contributed by atoms with van der Waals surface area (Å²) in [6, 6.07) is -0.523. The summed E-state index contributed by atoms with van der Waals surface area (Å²) in [7, 11) is 0. The first kappa shape index (κ1) is 15.4. The van der Waals surface area contributed by atoms with E-state index < -0.39 is 12.7 Å². The number of nitrogens with zero attached hydrogens (tertiary/aromatic N) is 2. The first-order valence-corrected chi connectivity index (χ1v) is 9.01. The molecule has 22 heavy (non-hydrogen) atoms. The summed E-state index contributed by atoms with van der Waals surface area (Å²) < 4.78 is 18.1. The Morgan fingerprint density at radius 1 is 1.50 bits per heavy atom. The molecule has 0 spiro atoms. The van der Waals surface area contributed by atoms with Gasteiger partial charge in [-0.25, -0.2) is 9.37 Å². The quantitative estimate of drug-likeness (QED) is 0.669. The molecule has 8 heteroatoms. The molecular weight excluding hydrogens is 339 g/mol. The van der Waals surface area contributed by atoms with Crippen molar-refractivity contribution in [2.75, 3.05) is 12.0 Å². The topological polar surface area (TPSA) is 63.8 Å². The van der Waals surface area contributed by atoms with Gasteiger partial charge in [-0.3, -0.25) is 0 Å². The number of alkyl halides is 1. The van der Waals surface area contributed by atoms with Crippen molar-refractivity contribution in [2.45, 2.75) is 19.0 Å². The van der Waals surface area contributed by atoms with Crippen LogP contribution in [0.25, 0.3) is 10.2 Å². The summed E-state index contributed by atoms with van der Waals surface area (Å²) >= 11 is 4.52. The number of aromatic nitrogens is 2. The Labute approximate surface area is 139 Å². The van der Waals surface area contributed by atoms with Crippen molar-refractivity contribution >= 4 is 49.4 Å². The minimum absolute atomic E-state index is 0.438. The fourth-order valence-corrected chi connectivity index (χ4v) is 4.78. The maximum absolute atomic E-state index is 12.6. The van der Waals surface area contributed by atoms with Crippen LogP contribution in [-0.4, -0.2) is 22.1 Å². The molecule has 0 aliphatic rings. The Morgan fingerprint density at radius 2 is 2.36 bits per heavy atom. The number of halogens is 1. The SMILES string of the molecule is C#Cc1c(C[C@@H](N)CF)sc2c(NCc3nccs3)snc12. The summed E-state index contributed by atoms with van der Waals surface area (Å²) in [5, 5.41) is 7.26. The predicted molar refractivity (Wildman–Crippen MR) is 92.5 cm³/mol. The number of terminal acetylenes is 1. The second kappa shape index (κ2) is 6.71. The van der Waals surface area contributed by atoms with Crippen LogP contribution in [0.2, 0.25) is 0 Å². The van der Waals surface area contributed by atoms with E-state index in [1.807, 2.05) is 5.38 Å².